The van der Waals surface area contributed by atoms with Crippen LogP contribution in [0.3, 0.4) is 0 Å². The van der Waals surface area contributed by atoms with Gasteiger partial charge in [-0.15, -0.1) is 0 Å². The first-order valence-electron chi connectivity index (χ1n) is 12.7. The maximum atomic E-state index is 13.0. The third kappa shape index (κ3) is 8.97. The van der Waals surface area contributed by atoms with E-state index in [1.807, 2.05) is 38.2 Å². The molecule has 6 nitrogen and oxygen atoms in total. The number of aromatic hydroxyl groups is 1. The maximum Gasteiger partial charge on any atom is 0.226 e. The van der Waals surface area contributed by atoms with Gasteiger partial charge in [0.2, 0.25) is 5.91 Å². The van der Waals surface area contributed by atoms with Crippen molar-refractivity contribution in [3.63, 3.8) is 0 Å². The van der Waals surface area contributed by atoms with Crippen LogP contribution in [0.5, 0.6) is 5.75 Å². The van der Waals surface area contributed by atoms with Gasteiger partial charge in [-0.2, -0.15) is 0 Å². The van der Waals surface area contributed by atoms with Gasteiger partial charge in [0.25, 0.3) is 0 Å². The van der Waals surface area contributed by atoms with Crippen LogP contribution < -0.4 is 5.32 Å². The van der Waals surface area contributed by atoms with E-state index in [1.165, 1.54) is 18.2 Å². The van der Waals surface area contributed by atoms with Crippen molar-refractivity contribution >= 4 is 5.91 Å². The molecule has 0 aliphatic heterocycles. The predicted octanol–water partition coefficient (Wildman–Crippen LogP) is 3.91. The van der Waals surface area contributed by atoms with Gasteiger partial charge in [-0.3, -0.25) is 4.79 Å². The summed E-state index contributed by atoms with van der Waals surface area (Å²) in [5.74, 6) is -0.177. The Morgan fingerprint density at radius 2 is 1.76 bits per heavy atom. The Balaban J connectivity index is 1.44. The minimum Gasteiger partial charge on any atom is -0.508 e. The summed E-state index contributed by atoms with van der Waals surface area (Å²) in [5.41, 5.74) is 4.13. The molecular formula is C30H37FN2O4. The normalized spacial score (nSPS) is 12.8. The van der Waals surface area contributed by atoms with Crippen LogP contribution in [0.4, 0.5) is 4.39 Å². The highest BCUT2D eigenvalue weighted by atomic mass is 19.1. The van der Waals surface area contributed by atoms with Gasteiger partial charge in [-0.05, 0) is 72.7 Å². The maximum absolute atomic E-state index is 13.0. The Bertz CT molecular complexity index is 1150. The molecule has 3 rings (SSSR count). The Labute approximate surface area is 218 Å². The lowest BCUT2D eigenvalue weighted by Crippen LogP contribution is -2.32. The lowest BCUT2D eigenvalue weighted by Gasteiger charge is -2.19. The Hall–Kier alpha value is -3.26. The summed E-state index contributed by atoms with van der Waals surface area (Å²) in [6, 6.07) is 19.3. The highest BCUT2D eigenvalue weighted by Crippen LogP contribution is 2.22. The molecule has 3 aromatic carbocycles. The van der Waals surface area contributed by atoms with E-state index in [1.54, 1.807) is 29.2 Å². The minimum absolute atomic E-state index is 0.00864. The topological polar surface area (TPSA) is 93.0 Å². The van der Waals surface area contributed by atoms with E-state index in [2.05, 4.69) is 5.32 Å². The van der Waals surface area contributed by atoms with Crippen LogP contribution in [0, 0.1) is 5.82 Å². The number of aryl methyl sites for hydroxylation is 1. The van der Waals surface area contributed by atoms with Gasteiger partial charge in [0.15, 0.2) is 0 Å². The number of phenols is 1. The lowest BCUT2D eigenvalue weighted by atomic mass is 10.0. The number of aliphatic hydroxyl groups excluding tert-OH is 2. The molecule has 37 heavy (non-hydrogen) atoms. The summed E-state index contributed by atoms with van der Waals surface area (Å²) >= 11 is 0. The summed E-state index contributed by atoms with van der Waals surface area (Å²) in [6.45, 7) is 2.72. The van der Waals surface area contributed by atoms with E-state index in [9.17, 15) is 24.5 Å². The zero-order valence-electron chi connectivity index (χ0n) is 21.5. The molecule has 0 radical (unpaired) electrons. The highest BCUT2D eigenvalue weighted by molar-refractivity contribution is 5.78. The molecule has 0 bridgehead atoms. The molecule has 0 heterocycles. The van der Waals surface area contributed by atoms with E-state index in [4.69, 9.17) is 0 Å². The van der Waals surface area contributed by atoms with Gasteiger partial charge < -0.3 is 25.5 Å². The highest BCUT2D eigenvalue weighted by Gasteiger charge is 2.14. The van der Waals surface area contributed by atoms with E-state index >= 15 is 0 Å². The Kier molecular flexibility index (Phi) is 10.6. The van der Waals surface area contributed by atoms with Crippen LogP contribution in [-0.4, -0.2) is 52.3 Å². The van der Waals surface area contributed by atoms with Crippen molar-refractivity contribution < 1.29 is 24.5 Å². The second-order valence-electron chi connectivity index (χ2n) is 9.62. The summed E-state index contributed by atoms with van der Waals surface area (Å²) in [4.78, 5) is 14.5. The summed E-state index contributed by atoms with van der Waals surface area (Å²) in [6.07, 6.45) is 1.90. The molecule has 0 aliphatic rings. The third-order valence-electron chi connectivity index (χ3n) is 6.50. The number of rotatable bonds is 13. The fourth-order valence-corrected chi connectivity index (χ4v) is 4.27. The molecule has 3 aromatic rings. The standard InChI is InChI=1S/C30H37FN2O4/c1-21(32-19-29(36)25-10-13-28(35)26(18-25)20-34)15-23-5-3-6-24(16-23)17-30(37)33(2)14-4-7-22-8-11-27(31)12-9-22/h3,5-6,8-13,16,18,21,29,32,34-36H,4,7,14-15,17,19-20H2,1-2H3/t21-,29+/m1/s1. The number of nitrogens with one attached hydrogen (secondary N) is 1. The molecular weight excluding hydrogens is 471 g/mol. The van der Waals surface area contributed by atoms with Crippen molar-refractivity contribution in [3.05, 3.63) is 100 Å². The van der Waals surface area contributed by atoms with Gasteiger partial charge in [0, 0.05) is 31.7 Å². The number of nitrogens with zero attached hydrogens (tertiary/aromatic N) is 1. The van der Waals surface area contributed by atoms with Crippen LogP contribution in [0.1, 0.15) is 47.3 Å². The Morgan fingerprint density at radius 3 is 2.49 bits per heavy atom. The van der Waals surface area contributed by atoms with E-state index in [-0.39, 0.29) is 30.1 Å². The Morgan fingerprint density at radius 1 is 1.03 bits per heavy atom. The number of aliphatic hydroxyl groups is 2. The van der Waals surface area contributed by atoms with Gasteiger partial charge >= 0.3 is 0 Å². The zero-order valence-corrected chi connectivity index (χ0v) is 21.5. The minimum atomic E-state index is -0.768. The largest absolute Gasteiger partial charge is 0.508 e. The number of halogens is 1. The smallest absolute Gasteiger partial charge is 0.226 e. The van der Waals surface area contributed by atoms with Crippen LogP contribution in [-0.2, 0) is 30.7 Å². The van der Waals surface area contributed by atoms with Gasteiger partial charge in [-0.25, -0.2) is 4.39 Å². The molecule has 2 atom stereocenters. The van der Waals surface area contributed by atoms with Gasteiger partial charge in [0.1, 0.15) is 11.6 Å². The van der Waals surface area contributed by atoms with Crippen LogP contribution in [0.2, 0.25) is 0 Å². The average molecular weight is 509 g/mol. The molecule has 7 heteroatoms. The summed E-state index contributed by atoms with van der Waals surface area (Å²) in [7, 11) is 1.81. The average Bonchev–Trinajstić information content (AvgIpc) is 2.88. The molecule has 0 aliphatic carbocycles. The molecule has 0 saturated heterocycles. The van der Waals surface area contributed by atoms with Gasteiger partial charge in [0.05, 0.1) is 19.1 Å². The molecule has 0 aromatic heterocycles. The zero-order chi connectivity index (χ0) is 26.8. The van der Waals surface area contributed by atoms with Crippen LogP contribution in [0.15, 0.2) is 66.7 Å². The third-order valence-corrected chi connectivity index (χ3v) is 6.50. The number of likely N-dealkylation sites (N-methyl/N-ethyl adjacent to an activating group) is 1. The number of hydrogen-bond donors (Lipinski definition) is 4. The molecule has 198 valence electrons. The lowest BCUT2D eigenvalue weighted by molar-refractivity contribution is -0.129. The van der Waals surface area contributed by atoms with E-state index < -0.39 is 6.10 Å². The summed E-state index contributed by atoms with van der Waals surface area (Å²) in [5, 5.41) is 32.8. The second-order valence-corrected chi connectivity index (χ2v) is 9.62. The number of carbonyl (C=O) groups is 1. The molecule has 0 fully saturated rings. The van der Waals surface area contributed by atoms with Crippen LogP contribution in [0.25, 0.3) is 0 Å². The molecule has 1 amide bonds. The van der Waals surface area contributed by atoms with E-state index in [0.717, 1.165) is 36.0 Å². The molecule has 0 saturated carbocycles. The quantitative estimate of drug-likeness (QED) is 0.281. The fraction of sp³-hybridized carbons (Fsp3) is 0.367. The molecule has 0 unspecified atom stereocenters. The van der Waals surface area contributed by atoms with E-state index in [0.29, 0.717) is 30.6 Å². The number of hydrogen-bond acceptors (Lipinski definition) is 5. The second kappa shape index (κ2) is 13.9. The van der Waals surface area contributed by atoms with Crippen molar-refractivity contribution in [2.75, 3.05) is 20.1 Å². The molecule has 0 spiro atoms. The SMILES string of the molecule is C[C@H](Cc1cccc(CC(=O)N(C)CCCc2ccc(F)cc2)c1)NC[C@H](O)c1ccc(O)c(CO)c1. The monoisotopic (exact) mass is 508 g/mol. The van der Waals surface area contributed by atoms with Crippen molar-refractivity contribution in [2.45, 2.75) is 51.4 Å². The fourth-order valence-electron chi connectivity index (χ4n) is 4.27. The predicted molar refractivity (Wildman–Crippen MR) is 143 cm³/mol. The molecule has 4 N–H and O–H groups in total. The van der Waals surface area contributed by atoms with Crippen molar-refractivity contribution in [1.82, 2.24) is 10.2 Å². The first kappa shape index (κ1) is 28.3. The number of benzene rings is 3. The van der Waals surface area contributed by atoms with Crippen molar-refractivity contribution in [3.8, 4) is 5.75 Å². The van der Waals surface area contributed by atoms with Crippen molar-refractivity contribution in [2.24, 2.45) is 0 Å². The first-order valence-corrected chi connectivity index (χ1v) is 12.7. The number of carbonyl (C=O) groups excluding carboxylic acids is 1. The first-order chi connectivity index (χ1) is 17.7. The number of amides is 1. The summed E-state index contributed by atoms with van der Waals surface area (Å²) < 4.78 is 13.0. The van der Waals surface area contributed by atoms with Gasteiger partial charge in [-0.1, -0.05) is 42.5 Å². The van der Waals surface area contributed by atoms with Crippen LogP contribution >= 0.6 is 0 Å². The van der Waals surface area contributed by atoms with Crippen molar-refractivity contribution in [1.29, 1.82) is 0 Å².